The molecule has 0 saturated carbocycles. The van der Waals surface area contributed by atoms with Gasteiger partial charge in [-0.2, -0.15) is 0 Å². The first-order valence-electron chi connectivity index (χ1n) is 7.48. The molecule has 7 N–H and O–H groups in total. The van der Waals surface area contributed by atoms with Crippen LogP contribution >= 0.6 is 21.3 Å². The van der Waals surface area contributed by atoms with Gasteiger partial charge in [0, 0.05) is 6.42 Å². The van der Waals surface area contributed by atoms with E-state index in [0.29, 0.717) is 11.2 Å². The van der Waals surface area contributed by atoms with Crippen LogP contribution in [-0.2, 0) is 23.0 Å². The van der Waals surface area contributed by atoms with Crippen molar-refractivity contribution < 1.29 is 47.6 Å². The van der Waals surface area contributed by atoms with E-state index in [0.717, 1.165) is 0 Å². The van der Waals surface area contributed by atoms with Gasteiger partial charge in [-0.15, -0.1) is 0 Å². The first kappa shape index (κ1) is 21.5. The van der Waals surface area contributed by atoms with Crippen LogP contribution in [0.2, 0.25) is 0 Å². The lowest BCUT2D eigenvalue weighted by Gasteiger charge is -2.21. The summed E-state index contributed by atoms with van der Waals surface area (Å²) in [6.45, 7) is -6.76. The smallest absolute Gasteiger partial charge is 0.390 e. The van der Waals surface area contributed by atoms with Gasteiger partial charge in [-0.25, -0.2) is 24.1 Å². The van der Waals surface area contributed by atoms with E-state index in [1.165, 1.54) is 17.2 Å². The summed E-state index contributed by atoms with van der Waals surface area (Å²) < 4.78 is 45.7. The summed E-state index contributed by atoms with van der Waals surface area (Å²) in [6.07, 6.45) is -0.778. The number of hydrogen-bond donors (Lipinski definition) is 6. The van der Waals surface area contributed by atoms with Crippen molar-refractivity contribution in [2.24, 2.45) is 0 Å². The van der Waals surface area contributed by atoms with E-state index in [9.17, 15) is 28.6 Å². The van der Waals surface area contributed by atoms with Crippen LogP contribution in [0.15, 0.2) is 12.7 Å². The molecule has 0 bridgehead atoms. The molecule has 15 nitrogen and oxygen atoms in total. The predicted molar refractivity (Wildman–Crippen MR) is 91.9 cm³/mol. The Morgan fingerprint density at radius 2 is 1.89 bits per heavy atom. The average molecular weight is 459 g/mol. The normalized spacial score (nSPS) is 27.5. The Labute approximate surface area is 156 Å². The molecule has 0 radical (unpaired) electrons. The lowest BCUT2D eigenvalue weighted by Crippen LogP contribution is -2.26. The SMILES string of the molecule is Nc1ncnc2c1ncn2C1CC(O)C(COP(=O)(O)P(=O)(O)P(=O)(O)O)O1. The number of nitrogen functional groups attached to an aromatic ring is 1. The van der Waals surface area contributed by atoms with E-state index in [1.54, 1.807) is 0 Å². The summed E-state index contributed by atoms with van der Waals surface area (Å²) in [4.78, 5) is 48.2. The fourth-order valence-corrected chi connectivity index (χ4v) is 7.95. The second-order valence-corrected chi connectivity index (χ2v) is 16.4. The third kappa shape index (κ3) is 3.66. The molecule has 0 amide bonds. The largest absolute Gasteiger partial charge is 0.422 e. The topological polar surface area (TPSA) is 240 Å². The van der Waals surface area contributed by atoms with E-state index in [-0.39, 0.29) is 12.2 Å². The second kappa shape index (κ2) is 7.22. The molecule has 28 heavy (non-hydrogen) atoms. The zero-order valence-corrected chi connectivity index (χ0v) is 16.5. The van der Waals surface area contributed by atoms with Gasteiger partial charge in [-0.05, 0) is 0 Å². The molecule has 5 atom stereocenters. The van der Waals surface area contributed by atoms with Crippen LogP contribution in [0.3, 0.4) is 0 Å². The first-order chi connectivity index (χ1) is 12.8. The van der Waals surface area contributed by atoms with Crippen molar-refractivity contribution in [1.82, 2.24) is 19.5 Å². The molecule has 2 aromatic rings. The fourth-order valence-electron chi connectivity index (χ4n) is 2.51. The molecule has 0 aliphatic carbocycles. The Bertz CT molecular complexity index is 1040. The molecule has 2 aromatic heterocycles. The number of hydrogen-bond acceptors (Lipinski definition) is 10. The highest BCUT2D eigenvalue weighted by molar-refractivity contribution is 8.60. The van der Waals surface area contributed by atoms with Gasteiger partial charge in [0.1, 0.15) is 24.2 Å². The van der Waals surface area contributed by atoms with Gasteiger partial charge >= 0.3 is 21.3 Å². The van der Waals surface area contributed by atoms with E-state index >= 15 is 0 Å². The fraction of sp³-hybridized carbons (Fsp3) is 0.500. The number of nitrogens with two attached hydrogens (primary N) is 1. The molecule has 1 aliphatic heterocycles. The third-order valence-corrected chi connectivity index (χ3v) is 14.3. The number of aliphatic hydroxyl groups is 1. The van der Waals surface area contributed by atoms with E-state index in [1.807, 2.05) is 0 Å². The van der Waals surface area contributed by atoms with Crippen LogP contribution in [0.4, 0.5) is 5.82 Å². The minimum atomic E-state index is -5.88. The number of aromatic nitrogens is 4. The van der Waals surface area contributed by atoms with Crippen LogP contribution in [0.5, 0.6) is 0 Å². The van der Waals surface area contributed by atoms with E-state index in [2.05, 4.69) is 19.5 Å². The molecule has 3 rings (SSSR count). The van der Waals surface area contributed by atoms with Gasteiger partial charge in [0.2, 0.25) is 0 Å². The number of anilines is 1. The zero-order valence-electron chi connectivity index (χ0n) is 13.8. The van der Waals surface area contributed by atoms with Crippen molar-refractivity contribution >= 4 is 38.3 Å². The monoisotopic (exact) mass is 459 g/mol. The summed E-state index contributed by atoms with van der Waals surface area (Å²) >= 11 is 0. The van der Waals surface area contributed by atoms with Gasteiger partial charge in [0.25, 0.3) is 0 Å². The van der Waals surface area contributed by atoms with Crippen LogP contribution in [0.1, 0.15) is 12.6 Å². The second-order valence-electron chi connectivity index (χ2n) is 5.83. The van der Waals surface area contributed by atoms with Crippen molar-refractivity contribution in [3.63, 3.8) is 0 Å². The average Bonchev–Trinajstić information content (AvgIpc) is 3.16. The maximum absolute atomic E-state index is 11.8. The van der Waals surface area contributed by atoms with Crippen LogP contribution in [0, 0.1) is 0 Å². The Hall–Kier alpha value is -1.24. The molecule has 3 heterocycles. The van der Waals surface area contributed by atoms with Crippen molar-refractivity contribution in [3.8, 4) is 0 Å². The maximum atomic E-state index is 11.8. The molecule has 0 spiro atoms. The maximum Gasteiger partial charge on any atom is 0.422 e. The summed E-state index contributed by atoms with van der Waals surface area (Å²) in [6, 6.07) is 0. The van der Waals surface area contributed by atoms with Crippen LogP contribution in [0.25, 0.3) is 11.2 Å². The number of rotatable bonds is 6. The summed E-state index contributed by atoms with van der Waals surface area (Å²) in [7, 11) is -11.4. The van der Waals surface area contributed by atoms with Crippen molar-refractivity contribution in [2.75, 3.05) is 12.3 Å². The molecule has 1 aliphatic rings. The van der Waals surface area contributed by atoms with Crippen LogP contribution in [-0.4, -0.2) is 63.0 Å². The molecular weight excluding hydrogens is 443 g/mol. The van der Waals surface area contributed by atoms with Crippen molar-refractivity contribution in [3.05, 3.63) is 12.7 Å². The molecule has 156 valence electrons. The van der Waals surface area contributed by atoms with Crippen molar-refractivity contribution in [2.45, 2.75) is 24.9 Å². The Morgan fingerprint density at radius 3 is 2.54 bits per heavy atom. The van der Waals surface area contributed by atoms with Gasteiger partial charge < -0.3 is 35.2 Å². The molecule has 5 unspecified atom stereocenters. The number of nitrogens with zero attached hydrogens (tertiary/aromatic N) is 4. The highest BCUT2D eigenvalue weighted by atomic mass is 32.5. The number of imidazole rings is 1. The highest BCUT2D eigenvalue weighted by Gasteiger charge is 2.58. The van der Waals surface area contributed by atoms with Gasteiger partial charge in [-0.3, -0.25) is 13.7 Å². The quantitative estimate of drug-likeness (QED) is 0.300. The Kier molecular flexibility index (Phi) is 5.54. The molecule has 1 saturated heterocycles. The number of aliphatic hydroxyl groups excluding tert-OH is 1. The van der Waals surface area contributed by atoms with E-state index in [4.69, 9.17) is 20.3 Å². The predicted octanol–water partition coefficient (Wildman–Crippen LogP) is -0.463. The Morgan fingerprint density at radius 1 is 1.21 bits per heavy atom. The van der Waals surface area contributed by atoms with E-state index < -0.39 is 46.4 Å². The molecule has 1 fully saturated rings. The first-order valence-corrected chi connectivity index (χ1v) is 13.7. The van der Waals surface area contributed by atoms with Crippen molar-refractivity contribution in [1.29, 1.82) is 0 Å². The lowest BCUT2D eigenvalue weighted by molar-refractivity contribution is -0.0389. The third-order valence-electron chi connectivity index (χ3n) is 3.98. The van der Waals surface area contributed by atoms with Crippen LogP contribution < -0.4 is 5.73 Å². The standard InChI is InChI=1S/C10H16N5O10P3/c11-9-8-10(13-3-12-9)15(4-14-8)7-1-5(16)6(25-7)2-24-27(20,21)28(22,23)26(17,18)19/h3-7,16H,1-2H2,(H,20,21)(H,22,23)(H2,11,12,13)(H2,17,18,19). The summed E-state index contributed by atoms with van der Waals surface area (Å²) in [5.41, 5.74) is 6.28. The number of ether oxygens (including phenoxy) is 1. The molecule has 0 aromatic carbocycles. The minimum absolute atomic E-state index is 0.0194. The highest BCUT2D eigenvalue weighted by Crippen LogP contribution is 2.94. The minimum Gasteiger partial charge on any atom is -0.390 e. The lowest BCUT2D eigenvalue weighted by atomic mass is 10.2. The molecule has 18 heteroatoms. The Balaban J connectivity index is 1.74. The summed E-state index contributed by atoms with van der Waals surface area (Å²) in [5, 5.41) is 10.1. The van der Waals surface area contributed by atoms with Gasteiger partial charge in [0.05, 0.1) is 19.0 Å². The zero-order chi connectivity index (χ0) is 20.9. The molecular formula is C10H16N5O10P3. The van der Waals surface area contributed by atoms with Gasteiger partial charge in [0.15, 0.2) is 11.5 Å². The summed E-state index contributed by atoms with van der Waals surface area (Å²) in [5.74, 6) is 0.125. The number of fused-ring (bicyclic) bond motifs is 1. The van der Waals surface area contributed by atoms with Gasteiger partial charge in [-0.1, -0.05) is 0 Å².